The number of aromatic nitrogens is 1. The normalized spacial score (nSPS) is 14.1. The molecule has 3 rings (SSSR count). The van der Waals surface area contributed by atoms with Crippen LogP contribution >= 0.6 is 0 Å². The summed E-state index contributed by atoms with van der Waals surface area (Å²) >= 11 is 0. The van der Waals surface area contributed by atoms with Crippen LogP contribution in [-0.4, -0.2) is 62.7 Å². The number of rotatable bonds is 11. The summed E-state index contributed by atoms with van der Waals surface area (Å²) in [5, 5.41) is 2.93. The van der Waals surface area contributed by atoms with Gasteiger partial charge < -0.3 is 24.4 Å². The Kier molecular flexibility index (Phi) is 9.95. The number of hydrogen-bond acceptors (Lipinski definition) is 6. The predicted octanol–water partition coefficient (Wildman–Crippen LogP) is 3.96. The number of carbonyl (C=O) groups excluding carboxylic acids is 2. The number of nitrogens with zero attached hydrogens (tertiary/aromatic N) is 2. The van der Waals surface area contributed by atoms with Crippen LogP contribution in [0.1, 0.15) is 48.0 Å². The molecular formula is C27H35N3O5. The van der Waals surface area contributed by atoms with Crippen molar-refractivity contribution in [3.63, 3.8) is 0 Å². The summed E-state index contributed by atoms with van der Waals surface area (Å²) in [5.41, 5.74) is 1.38. The molecule has 35 heavy (non-hydrogen) atoms. The number of carbonyl (C=O) groups is 2. The number of unbranched alkanes of at least 4 members (excludes halogenated alkanes) is 1. The molecule has 1 aliphatic heterocycles. The zero-order valence-corrected chi connectivity index (χ0v) is 20.8. The SMILES string of the molecule is COc1ccc(C(=O)N2CCC(CCCCNC(=O)/C=C/c3cccnc3)CC2)c(OC)c1OC. The quantitative estimate of drug-likeness (QED) is 0.386. The fourth-order valence-electron chi connectivity index (χ4n) is 4.34. The zero-order valence-electron chi connectivity index (χ0n) is 20.8. The number of hydrogen-bond donors (Lipinski definition) is 1. The molecule has 8 heteroatoms. The lowest BCUT2D eigenvalue weighted by molar-refractivity contribution is -0.116. The van der Waals surface area contributed by atoms with Crippen LogP contribution in [-0.2, 0) is 4.79 Å². The summed E-state index contributed by atoms with van der Waals surface area (Å²) in [4.78, 5) is 31.0. The Morgan fingerprint density at radius 3 is 2.49 bits per heavy atom. The summed E-state index contributed by atoms with van der Waals surface area (Å²) in [6, 6.07) is 7.20. The second-order valence-corrected chi connectivity index (χ2v) is 8.52. The van der Waals surface area contributed by atoms with Crippen molar-refractivity contribution in [2.45, 2.75) is 32.1 Å². The summed E-state index contributed by atoms with van der Waals surface area (Å²) in [6.45, 7) is 2.10. The van der Waals surface area contributed by atoms with Gasteiger partial charge in [-0.3, -0.25) is 14.6 Å². The van der Waals surface area contributed by atoms with Gasteiger partial charge in [-0.05, 0) is 55.0 Å². The number of piperidine rings is 1. The third kappa shape index (κ3) is 7.21. The van der Waals surface area contributed by atoms with Gasteiger partial charge in [0.15, 0.2) is 11.5 Å². The van der Waals surface area contributed by atoms with Gasteiger partial charge in [0.05, 0.1) is 26.9 Å². The van der Waals surface area contributed by atoms with Crippen molar-refractivity contribution in [2.75, 3.05) is 41.0 Å². The number of methoxy groups -OCH3 is 3. The molecule has 0 spiro atoms. The van der Waals surface area contributed by atoms with Crippen LogP contribution in [0.25, 0.3) is 6.08 Å². The van der Waals surface area contributed by atoms with E-state index >= 15 is 0 Å². The van der Waals surface area contributed by atoms with Crippen molar-refractivity contribution in [3.8, 4) is 17.2 Å². The fraction of sp³-hybridized carbons (Fsp3) is 0.444. The smallest absolute Gasteiger partial charge is 0.257 e. The van der Waals surface area contributed by atoms with Crippen LogP contribution in [0.2, 0.25) is 0 Å². The molecule has 0 unspecified atom stereocenters. The van der Waals surface area contributed by atoms with E-state index in [4.69, 9.17) is 14.2 Å². The maximum Gasteiger partial charge on any atom is 0.257 e. The second kappa shape index (κ2) is 13.4. The topological polar surface area (TPSA) is 90.0 Å². The lowest BCUT2D eigenvalue weighted by Crippen LogP contribution is -2.38. The van der Waals surface area contributed by atoms with Crippen molar-refractivity contribution in [1.29, 1.82) is 0 Å². The molecule has 1 aliphatic rings. The number of nitrogens with one attached hydrogen (secondary N) is 1. The molecule has 188 valence electrons. The minimum atomic E-state index is -0.0914. The molecule has 0 bridgehead atoms. The highest BCUT2D eigenvalue weighted by molar-refractivity contribution is 5.98. The molecule has 1 aromatic heterocycles. The summed E-state index contributed by atoms with van der Waals surface area (Å²) in [7, 11) is 4.61. The first-order valence-corrected chi connectivity index (χ1v) is 12.0. The Bertz CT molecular complexity index is 1000. The van der Waals surface area contributed by atoms with E-state index in [1.807, 2.05) is 17.0 Å². The van der Waals surface area contributed by atoms with Crippen LogP contribution in [0, 0.1) is 5.92 Å². The third-order valence-corrected chi connectivity index (χ3v) is 6.29. The van der Waals surface area contributed by atoms with E-state index < -0.39 is 0 Å². The molecule has 1 N–H and O–H groups in total. The van der Waals surface area contributed by atoms with Gasteiger partial charge in [0, 0.05) is 38.1 Å². The van der Waals surface area contributed by atoms with Crippen molar-refractivity contribution in [1.82, 2.24) is 15.2 Å². The van der Waals surface area contributed by atoms with E-state index in [2.05, 4.69) is 10.3 Å². The average Bonchev–Trinajstić information content (AvgIpc) is 2.91. The molecule has 1 saturated heterocycles. The van der Waals surface area contributed by atoms with Crippen LogP contribution in [0.3, 0.4) is 0 Å². The largest absolute Gasteiger partial charge is 0.493 e. The van der Waals surface area contributed by atoms with E-state index in [0.717, 1.165) is 50.8 Å². The molecule has 1 aromatic carbocycles. The molecule has 1 fully saturated rings. The standard InChI is InChI=1S/C27H35N3O5/c1-33-23-11-10-22(25(34-2)26(23)35-3)27(32)30-17-13-20(14-18-30)7-4-5-16-29-24(31)12-9-21-8-6-15-28-19-21/h6,8-12,15,19-20H,4-5,7,13-14,16-18H2,1-3H3,(H,29,31)/b12-9+. The Hall–Kier alpha value is -3.55. The highest BCUT2D eigenvalue weighted by atomic mass is 16.5. The monoisotopic (exact) mass is 481 g/mol. The van der Waals surface area contributed by atoms with Crippen LogP contribution in [0.5, 0.6) is 17.2 Å². The molecule has 2 amide bonds. The van der Waals surface area contributed by atoms with E-state index in [1.54, 1.807) is 37.7 Å². The minimum absolute atomic E-state index is 0.0525. The first kappa shape index (κ1) is 26.1. The van der Waals surface area contributed by atoms with Crippen LogP contribution in [0.15, 0.2) is 42.7 Å². The van der Waals surface area contributed by atoms with E-state index in [0.29, 0.717) is 35.3 Å². The minimum Gasteiger partial charge on any atom is -0.493 e. The lowest BCUT2D eigenvalue weighted by Gasteiger charge is -2.32. The lowest BCUT2D eigenvalue weighted by atomic mass is 9.91. The average molecular weight is 482 g/mol. The van der Waals surface area contributed by atoms with Crippen LogP contribution in [0.4, 0.5) is 0 Å². The highest BCUT2D eigenvalue weighted by Gasteiger charge is 2.27. The molecule has 0 aliphatic carbocycles. The Balaban J connectivity index is 1.38. The molecular weight excluding hydrogens is 446 g/mol. The molecule has 0 radical (unpaired) electrons. The second-order valence-electron chi connectivity index (χ2n) is 8.52. The summed E-state index contributed by atoms with van der Waals surface area (Å²) < 4.78 is 16.2. The van der Waals surface area contributed by atoms with Gasteiger partial charge in [-0.25, -0.2) is 0 Å². The third-order valence-electron chi connectivity index (χ3n) is 6.29. The zero-order chi connectivity index (χ0) is 25.0. The Morgan fingerprint density at radius 1 is 1.06 bits per heavy atom. The molecule has 0 saturated carbocycles. The fourth-order valence-corrected chi connectivity index (χ4v) is 4.34. The number of ether oxygens (including phenoxy) is 3. The van der Waals surface area contributed by atoms with Gasteiger partial charge in [-0.15, -0.1) is 0 Å². The predicted molar refractivity (Wildman–Crippen MR) is 135 cm³/mol. The molecule has 2 aromatic rings. The van der Waals surface area contributed by atoms with E-state index in [1.165, 1.54) is 20.3 Å². The molecule has 2 heterocycles. The number of amides is 2. The van der Waals surface area contributed by atoms with Crippen molar-refractivity contribution >= 4 is 17.9 Å². The Labute approximate surface area is 207 Å². The van der Waals surface area contributed by atoms with Crippen molar-refractivity contribution in [3.05, 3.63) is 53.9 Å². The first-order chi connectivity index (χ1) is 17.1. The number of likely N-dealkylation sites (tertiary alicyclic amines) is 1. The van der Waals surface area contributed by atoms with Gasteiger partial charge in [0.2, 0.25) is 11.7 Å². The van der Waals surface area contributed by atoms with Crippen molar-refractivity contribution < 1.29 is 23.8 Å². The van der Waals surface area contributed by atoms with Gasteiger partial charge in [-0.2, -0.15) is 0 Å². The Morgan fingerprint density at radius 2 is 1.83 bits per heavy atom. The van der Waals surface area contributed by atoms with E-state index in [9.17, 15) is 9.59 Å². The molecule has 0 atom stereocenters. The van der Waals surface area contributed by atoms with E-state index in [-0.39, 0.29) is 11.8 Å². The van der Waals surface area contributed by atoms with Gasteiger partial charge in [-0.1, -0.05) is 18.9 Å². The number of pyridine rings is 1. The maximum absolute atomic E-state index is 13.2. The summed E-state index contributed by atoms with van der Waals surface area (Å²) in [6.07, 6.45) is 11.8. The van der Waals surface area contributed by atoms with Gasteiger partial charge in [0.1, 0.15) is 0 Å². The van der Waals surface area contributed by atoms with Crippen molar-refractivity contribution in [2.24, 2.45) is 5.92 Å². The van der Waals surface area contributed by atoms with Crippen LogP contribution < -0.4 is 19.5 Å². The van der Waals surface area contributed by atoms with Gasteiger partial charge in [0.25, 0.3) is 5.91 Å². The molecule has 8 nitrogen and oxygen atoms in total. The first-order valence-electron chi connectivity index (χ1n) is 12.0. The summed E-state index contributed by atoms with van der Waals surface area (Å²) in [5.74, 6) is 1.80. The van der Waals surface area contributed by atoms with Gasteiger partial charge >= 0.3 is 0 Å². The number of benzene rings is 1. The maximum atomic E-state index is 13.2. The highest BCUT2D eigenvalue weighted by Crippen LogP contribution is 2.40.